The van der Waals surface area contributed by atoms with Crippen LogP contribution in [-0.2, 0) is 17.1 Å². The fraction of sp³-hybridized carbons (Fsp3) is 0.350. The van der Waals surface area contributed by atoms with Crippen molar-refractivity contribution < 1.29 is 31.1 Å². The van der Waals surface area contributed by atoms with Crippen molar-refractivity contribution in [2.45, 2.75) is 18.4 Å². The lowest BCUT2D eigenvalue weighted by Gasteiger charge is -2.25. The van der Waals surface area contributed by atoms with Gasteiger partial charge < -0.3 is 15.4 Å². The number of alkyl halides is 6. The highest BCUT2D eigenvalue weighted by atomic mass is 19.4. The monoisotopic (exact) mass is 483 g/mol. The number of pyridine rings is 2. The van der Waals surface area contributed by atoms with Crippen LogP contribution in [0.1, 0.15) is 11.4 Å². The summed E-state index contributed by atoms with van der Waals surface area (Å²) in [4.78, 5) is 20.6. The Bertz CT molecular complexity index is 1220. The normalized spacial score (nSPS) is 21.9. The summed E-state index contributed by atoms with van der Waals surface area (Å²) in [6, 6.07) is 5.14. The number of rotatable bonds is 4. The first-order valence-corrected chi connectivity index (χ1v) is 9.99. The molecule has 1 aliphatic carbocycles. The number of nitrogens with zero attached hydrogens (tertiary/aromatic N) is 6. The van der Waals surface area contributed by atoms with Crippen molar-refractivity contribution in [2.75, 3.05) is 23.8 Å². The Morgan fingerprint density at radius 3 is 2.26 bits per heavy atom. The van der Waals surface area contributed by atoms with Crippen LogP contribution in [-0.4, -0.2) is 44.2 Å². The molecule has 8 nitrogen and oxygen atoms in total. The third-order valence-electron chi connectivity index (χ3n) is 5.64. The molecule has 3 aromatic heterocycles. The van der Waals surface area contributed by atoms with Gasteiger partial charge in [-0.2, -0.15) is 41.3 Å². The Labute approximate surface area is 187 Å². The molecule has 0 spiro atoms. The number of nitrogen functional groups attached to an aromatic ring is 1. The Morgan fingerprint density at radius 2 is 1.59 bits per heavy atom. The average molecular weight is 483 g/mol. The Hall–Kier alpha value is -3.55. The molecule has 2 atom stereocenters. The molecule has 0 amide bonds. The third-order valence-corrected chi connectivity index (χ3v) is 5.64. The van der Waals surface area contributed by atoms with Crippen LogP contribution in [0.25, 0.3) is 11.5 Å². The van der Waals surface area contributed by atoms with Gasteiger partial charge in [0.05, 0.1) is 13.2 Å². The van der Waals surface area contributed by atoms with Crippen LogP contribution < -0.4 is 10.6 Å². The first kappa shape index (κ1) is 22.3. The van der Waals surface area contributed by atoms with Crippen molar-refractivity contribution in [3.05, 3.63) is 47.9 Å². The van der Waals surface area contributed by atoms with Gasteiger partial charge in [0.25, 0.3) is 0 Å². The summed E-state index contributed by atoms with van der Waals surface area (Å²) in [6.45, 7) is 0.817. The Kier molecular flexibility index (Phi) is 5.07. The quantitative estimate of drug-likeness (QED) is 0.560. The molecule has 0 aromatic carbocycles. The Balaban J connectivity index is 1.60. The fourth-order valence-electron chi connectivity index (χ4n) is 4.06. The molecule has 4 heterocycles. The molecule has 1 saturated carbocycles. The lowest BCUT2D eigenvalue weighted by Crippen LogP contribution is -2.28. The average Bonchev–Trinajstić information content (AvgIpc) is 3.21. The highest BCUT2D eigenvalue weighted by Crippen LogP contribution is 2.51. The molecule has 1 aliphatic heterocycles. The van der Waals surface area contributed by atoms with E-state index in [0.29, 0.717) is 13.2 Å². The van der Waals surface area contributed by atoms with E-state index in [4.69, 9.17) is 10.5 Å². The number of halogens is 6. The number of anilines is 3. The predicted octanol–water partition coefficient (Wildman–Crippen LogP) is 3.73. The second-order valence-corrected chi connectivity index (χ2v) is 7.85. The van der Waals surface area contributed by atoms with Crippen LogP contribution in [0, 0.1) is 11.8 Å². The van der Waals surface area contributed by atoms with E-state index in [1.54, 1.807) is 0 Å². The molecule has 3 aromatic rings. The van der Waals surface area contributed by atoms with Crippen molar-refractivity contribution in [3.8, 4) is 11.5 Å². The van der Waals surface area contributed by atoms with E-state index in [2.05, 4.69) is 24.9 Å². The Morgan fingerprint density at radius 1 is 0.882 bits per heavy atom. The first-order chi connectivity index (χ1) is 16.0. The van der Waals surface area contributed by atoms with Gasteiger partial charge in [0.1, 0.15) is 17.1 Å². The lowest BCUT2D eigenvalue weighted by atomic mass is 10.2. The van der Waals surface area contributed by atoms with Crippen LogP contribution in [0.15, 0.2) is 36.5 Å². The predicted molar refractivity (Wildman–Crippen MR) is 105 cm³/mol. The number of ether oxygens (including phenoxy) is 1. The summed E-state index contributed by atoms with van der Waals surface area (Å²) in [7, 11) is 0. The molecule has 14 heteroatoms. The zero-order valence-electron chi connectivity index (χ0n) is 17.0. The summed E-state index contributed by atoms with van der Waals surface area (Å²) in [5.41, 5.74) is 3.45. The van der Waals surface area contributed by atoms with E-state index in [-0.39, 0.29) is 47.0 Å². The fourth-order valence-corrected chi connectivity index (χ4v) is 4.06. The van der Waals surface area contributed by atoms with E-state index in [0.717, 1.165) is 24.4 Å². The van der Waals surface area contributed by atoms with E-state index in [1.165, 1.54) is 17.0 Å². The van der Waals surface area contributed by atoms with Crippen molar-refractivity contribution in [1.29, 1.82) is 0 Å². The molecular formula is C20H15F6N7O. The first-order valence-electron chi connectivity index (χ1n) is 9.99. The SMILES string of the molecule is Nc1nc(-c2cccc(C(F)(F)F)n2)nc(N(c2ccnc(C(F)(F)F)c2)C2C3COCC32)n1. The molecule has 2 unspecified atom stereocenters. The highest BCUT2D eigenvalue weighted by Gasteiger charge is 2.58. The summed E-state index contributed by atoms with van der Waals surface area (Å²) in [6.07, 6.45) is -8.37. The zero-order chi connectivity index (χ0) is 24.3. The number of nitrogens with two attached hydrogens (primary N) is 1. The van der Waals surface area contributed by atoms with Crippen LogP contribution >= 0.6 is 0 Å². The van der Waals surface area contributed by atoms with Gasteiger partial charge in [-0.05, 0) is 24.3 Å². The molecule has 5 rings (SSSR count). The summed E-state index contributed by atoms with van der Waals surface area (Å²) >= 11 is 0. The van der Waals surface area contributed by atoms with E-state index >= 15 is 0 Å². The maximum Gasteiger partial charge on any atom is 0.433 e. The van der Waals surface area contributed by atoms with Gasteiger partial charge in [-0.3, -0.25) is 4.98 Å². The largest absolute Gasteiger partial charge is 0.433 e. The minimum atomic E-state index is -4.69. The lowest BCUT2D eigenvalue weighted by molar-refractivity contribution is -0.141. The van der Waals surface area contributed by atoms with E-state index < -0.39 is 23.7 Å². The molecule has 1 saturated heterocycles. The number of hydrogen-bond donors (Lipinski definition) is 1. The molecule has 0 bridgehead atoms. The molecular weight excluding hydrogens is 468 g/mol. The molecule has 2 aliphatic rings. The number of aromatic nitrogens is 5. The molecule has 2 N–H and O–H groups in total. The van der Waals surface area contributed by atoms with Crippen molar-refractivity contribution in [2.24, 2.45) is 11.8 Å². The van der Waals surface area contributed by atoms with Crippen LogP contribution in [0.2, 0.25) is 0 Å². The van der Waals surface area contributed by atoms with E-state index in [9.17, 15) is 26.3 Å². The molecule has 34 heavy (non-hydrogen) atoms. The summed E-state index contributed by atoms with van der Waals surface area (Å²) < 4.78 is 84.6. The van der Waals surface area contributed by atoms with Gasteiger partial charge in [0.2, 0.25) is 11.9 Å². The maximum absolute atomic E-state index is 13.3. The smallest absolute Gasteiger partial charge is 0.381 e. The van der Waals surface area contributed by atoms with Gasteiger partial charge in [-0.15, -0.1) is 0 Å². The third kappa shape index (κ3) is 4.08. The van der Waals surface area contributed by atoms with Crippen molar-refractivity contribution >= 4 is 17.6 Å². The topological polar surface area (TPSA) is 103 Å². The summed E-state index contributed by atoms with van der Waals surface area (Å²) in [5, 5.41) is 0. The van der Waals surface area contributed by atoms with Crippen LogP contribution in [0.5, 0.6) is 0 Å². The van der Waals surface area contributed by atoms with Crippen molar-refractivity contribution in [1.82, 2.24) is 24.9 Å². The van der Waals surface area contributed by atoms with Crippen LogP contribution in [0.4, 0.5) is 43.9 Å². The zero-order valence-corrected chi connectivity index (χ0v) is 17.0. The van der Waals surface area contributed by atoms with Crippen LogP contribution in [0.3, 0.4) is 0 Å². The number of fused-ring (bicyclic) bond motifs is 1. The van der Waals surface area contributed by atoms with Gasteiger partial charge in [-0.25, -0.2) is 4.98 Å². The second kappa shape index (κ2) is 7.75. The minimum absolute atomic E-state index is 0.0237. The molecule has 2 fully saturated rings. The summed E-state index contributed by atoms with van der Waals surface area (Å²) in [5.74, 6) is -0.631. The van der Waals surface area contributed by atoms with Crippen molar-refractivity contribution in [3.63, 3.8) is 0 Å². The van der Waals surface area contributed by atoms with E-state index in [1.807, 2.05) is 0 Å². The minimum Gasteiger partial charge on any atom is -0.381 e. The van der Waals surface area contributed by atoms with Gasteiger partial charge in [-0.1, -0.05) is 6.07 Å². The maximum atomic E-state index is 13.3. The second-order valence-electron chi connectivity index (χ2n) is 7.85. The van der Waals surface area contributed by atoms with Gasteiger partial charge >= 0.3 is 12.4 Å². The van der Waals surface area contributed by atoms with Gasteiger partial charge in [0.15, 0.2) is 5.82 Å². The standard InChI is InChI=1S/C20H15F6N7O/c21-19(22,23)13-3-1-2-12(29-13)16-30-17(27)32-18(31-16)33(15-10-7-34-8-11(10)15)9-4-5-28-14(6-9)20(24,25)26/h1-6,10-11,15H,7-8H2,(H2,27,30,31,32). The molecule has 178 valence electrons. The van der Waals surface area contributed by atoms with Gasteiger partial charge in [0, 0.05) is 29.8 Å². The molecule has 0 radical (unpaired) electrons. The highest BCUT2D eigenvalue weighted by molar-refractivity contribution is 5.64. The number of hydrogen-bond acceptors (Lipinski definition) is 8.